The summed E-state index contributed by atoms with van der Waals surface area (Å²) in [5, 5.41) is 15.3. The zero-order chi connectivity index (χ0) is 24.3. The van der Waals surface area contributed by atoms with Crippen molar-refractivity contribution < 1.29 is 24.2 Å². The van der Waals surface area contributed by atoms with Crippen LogP contribution in [0.15, 0.2) is 24.3 Å². The van der Waals surface area contributed by atoms with E-state index >= 15 is 0 Å². The number of aliphatic hydroxyl groups is 1. The van der Waals surface area contributed by atoms with Crippen molar-refractivity contribution in [2.45, 2.75) is 90.6 Å². The summed E-state index contributed by atoms with van der Waals surface area (Å²) in [5.41, 5.74) is 0.397. The van der Waals surface area contributed by atoms with Gasteiger partial charge in [-0.05, 0) is 66.9 Å². The van der Waals surface area contributed by atoms with Crippen LogP contribution in [0.1, 0.15) is 71.6 Å². The van der Waals surface area contributed by atoms with Gasteiger partial charge in [-0.3, -0.25) is 9.59 Å². The van der Waals surface area contributed by atoms with Crippen LogP contribution in [0.3, 0.4) is 0 Å². The van der Waals surface area contributed by atoms with Crippen LogP contribution in [0.25, 0.3) is 0 Å². The topological polar surface area (TPSA) is 108 Å². The van der Waals surface area contributed by atoms with Gasteiger partial charge in [-0.15, -0.1) is 0 Å². The molecule has 0 spiro atoms. The molecule has 8 nitrogen and oxygen atoms in total. The van der Waals surface area contributed by atoms with Crippen LogP contribution >= 0.6 is 0 Å². The van der Waals surface area contributed by atoms with E-state index in [0.29, 0.717) is 5.56 Å². The van der Waals surface area contributed by atoms with Gasteiger partial charge in [0, 0.05) is 11.6 Å². The fourth-order valence-corrected chi connectivity index (χ4v) is 3.40. The summed E-state index contributed by atoms with van der Waals surface area (Å²) >= 11 is 0. The highest BCUT2D eigenvalue weighted by Crippen LogP contribution is 2.36. The van der Waals surface area contributed by atoms with Crippen LogP contribution in [0, 0.1) is 6.92 Å². The number of aryl methyl sites for hydroxylation is 1. The third-order valence-corrected chi connectivity index (χ3v) is 4.75. The van der Waals surface area contributed by atoms with Crippen molar-refractivity contribution >= 4 is 17.9 Å². The second-order valence-corrected chi connectivity index (χ2v) is 10.4. The fourth-order valence-electron chi connectivity index (χ4n) is 3.40. The molecular weight excluding hydrogens is 410 g/mol. The Morgan fingerprint density at radius 3 is 2.25 bits per heavy atom. The number of benzene rings is 1. The van der Waals surface area contributed by atoms with Crippen molar-refractivity contribution in [3.63, 3.8) is 0 Å². The van der Waals surface area contributed by atoms with Crippen molar-refractivity contribution in [2.75, 3.05) is 6.61 Å². The number of carbonyl (C=O) groups excluding carboxylic acids is 3. The quantitative estimate of drug-likeness (QED) is 0.596. The number of rotatable bonds is 7. The average Bonchev–Trinajstić information content (AvgIpc) is 3.45. The minimum atomic E-state index is -1.22. The lowest BCUT2D eigenvalue weighted by Crippen LogP contribution is -2.56. The second-order valence-electron chi connectivity index (χ2n) is 10.4. The first kappa shape index (κ1) is 25.6. The van der Waals surface area contributed by atoms with Crippen LogP contribution in [-0.4, -0.2) is 57.7 Å². The normalized spacial score (nSPS) is 16.0. The summed E-state index contributed by atoms with van der Waals surface area (Å²) < 4.78 is 5.24. The summed E-state index contributed by atoms with van der Waals surface area (Å²) in [4.78, 5) is 40.7. The van der Waals surface area contributed by atoms with Crippen molar-refractivity contribution in [1.29, 1.82) is 0 Å². The van der Waals surface area contributed by atoms with Crippen molar-refractivity contribution in [1.82, 2.24) is 15.5 Å². The minimum Gasteiger partial charge on any atom is -0.444 e. The molecule has 1 aromatic rings. The first-order valence-electron chi connectivity index (χ1n) is 11.0. The van der Waals surface area contributed by atoms with E-state index in [9.17, 15) is 19.5 Å². The Balaban J connectivity index is 2.39. The molecule has 8 heteroatoms. The van der Waals surface area contributed by atoms with E-state index in [1.807, 2.05) is 52.0 Å². The molecule has 0 aliphatic heterocycles. The van der Waals surface area contributed by atoms with E-state index in [2.05, 4.69) is 10.6 Å². The molecule has 3 amide bonds. The van der Waals surface area contributed by atoms with E-state index in [1.165, 1.54) is 4.90 Å². The van der Waals surface area contributed by atoms with Gasteiger partial charge in [-0.25, -0.2) is 4.79 Å². The molecule has 0 aromatic heterocycles. The van der Waals surface area contributed by atoms with Gasteiger partial charge < -0.3 is 25.4 Å². The summed E-state index contributed by atoms with van der Waals surface area (Å²) in [6.07, 6.45) is 0.704. The van der Waals surface area contributed by atoms with E-state index in [4.69, 9.17) is 4.74 Å². The molecule has 1 aliphatic carbocycles. The molecule has 0 saturated heterocycles. The summed E-state index contributed by atoms with van der Waals surface area (Å²) in [7, 11) is 0. The Bertz CT molecular complexity index is 837. The summed E-state index contributed by atoms with van der Waals surface area (Å²) in [6, 6.07) is 5.21. The molecule has 3 N–H and O–H groups in total. The highest BCUT2D eigenvalue weighted by molar-refractivity contribution is 5.93. The number of nitrogens with zero attached hydrogens (tertiary/aromatic N) is 1. The lowest BCUT2D eigenvalue weighted by Gasteiger charge is -2.36. The van der Waals surface area contributed by atoms with Crippen molar-refractivity contribution in [3.8, 4) is 0 Å². The van der Waals surface area contributed by atoms with Gasteiger partial charge in [0.15, 0.2) is 0 Å². The van der Waals surface area contributed by atoms with Gasteiger partial charge in [0.25, 0.3) is 0 Å². The molecule has 0 bridgehead atoms. The number of ether oxygens (including phenoxy) is 1. The Labute approximate surface area is 190 Å². The number of alkyl carbamates (subject to hydrolysis) is 1. The Morgan fingerprint density at radius 1 is 1.16 bits per heavy atom. The van der Waals surface area contributed by atoms with Crippen LogP contribution in [0.4, 0.5) is 4.79 Å². The molecule has 2 atom stereocenters. The van der Waals surface area contributed by atoms with Gasteiger partial charge in [0.05, 0.1) is 6.61 Å². The SMILES string of the molecule is Cc1cccc(C(C(=O)NC(C)(C)C)N(C(=O)C(CO)NC(=O)OC(C)(C)C)C2CC2)c1. The first-order chi connectivity index (χ1) is 14.7. The number of amides is 3. The maximum atomic E-state index is 13.5. The molecule has 178 valence electrons. The van der Waals surface area contributed by atoms with E-state index < -0.39 is 41.8 Å². The molecule has 1 saturated carbocycles. The number of carbonyl (C=O) groups is 3. The predicted octanol–water partition coefficient (Wildman–Crippen LogP) is 2.83. The Kier molecular flexibility index (Phi) is 7.93. The van der Waals surface area contributed by atoms with Crippen molar-refractivity contribution in [3.05, 3.63) is 35.4 Å². The molecule has 32 heavy (non-hydrogen) atoms. The molecule has 0 heterocycles. The number of nitrogens with one attached hydrogen (secondary N) is 2. The van der Waals surface area contributed by atoms with Crippen LogP contribution in [0.5, 0.6) is 0 Å². The zero-order valence-corrected chi connectivity index (χ0v) is 20.2. The highest BCUT2D eigenvalue weighted by Gasteiger charge is 2.44. The van der Waals surface area contributed by atoms with Gasteiger partial charge in [-0.1, -0.05) is 29.8 Å². The predicted molar refractivity (Wildman–Crippen MR) is 122 cm³/mol. The largest absolute Gasteiger partial charge is 0.444 e. The van der Waals surface area contributed by atoms with Crippen LogP contribution < -0.4 is 10.6 Å². The fraction of sp³-hybridized carbons (Fsp3) is 0.625. The maximum absolute atomic E-state index is 13.5. The van der Waals surface area contributed by atoms with Gasteiger partial charge >= 0.3 is 6.09 Å². The van der Waals surface area contributed by atoms with Gasteiger partial charge in [0.1, 0.15) is 17.7 Å². The van der Waals surface area contributed by atoms with E-state index in [1.54, 1.807) is 20.8 Å². The standard InChI is InChI=1S/C24H37N3O5/c1-15-9-8-10-16(13-15)19(20(29)26-23(2,3)4)27(17-11-12-17)21(30)18(14-28)25-22(31)32-24(5,6)7/h8-10,13,17-19,28H,11-12,14H2,1-7H3,(H,25,31)(H,26,29). The highest BCUT2D eigenvalue weighted by atomic mass is 16.6. The van der Waals surface area contributed by atoms with Crippen molar-refractivity contribution in [2.24, 2.45) is 0 Å². The minimum absolute atomic E-state index is 0.145. The molecule has 0 radical (unpaired) electrons. The first-order valence-corrected chi connectivity index (χ1v) is 11.0. The molecule has 1 aromatic carbocycles. The second kappa shape index (κ2) is 9.90. The third kappa shape index (κ3) is 7.51. The maximum Gasteiger partial charge on any atom is 0.408 e. The van der Waals surface area contributed by atoms with Gasteiger partial charge in [0.2, 0.25) is 11.8 Å². The Morgan fingerprint density at radius 2 is 1.78 bits per heavy atom. The summed E-state index contributed by atoms with van der Waals surface area (Å²) in [6.45, 7) is 12.1. The van der Waals surface area contributed by atoms with Crippen LogP contribution in [0.2, 0.25) is 0 Å². The Hall–Kier alpha value is -2.61. The lowest BCUT2D eigenvalue weighted by atomic mass is 9.99. The van der Waals surface area contributed by atoms with E-state index in [0.717, 1.165) is 18.4 Å². The molecule has 1 fully saturated rings. The number of aliphatic hydroxyl groups excluding tert-OH is 1. The van der Waals surface area contributed by atoms with Gasteiger partial charge in [-0.2, -0.15) is 0 Å². The van der Waals surface area contributed by atoms with E-state index in [-0.39, 0.29) is 11.9 Å². The summed E-state index contributed by atoms with van der Waals surface area (Å²) in [5.74, 6) is -0.825. The average molecular weight is 448 g/mol. The molecule has 2 unspecified atom stereocenters. The molecule has 1 aliphatic rings. The van der Waals surface area contributed by atoms with Crippen LogP contribution in [-0.2, 0) is 14.3 Å². The zero-order valence-electron chi connectivity index (χ0n) is 20.2. The third-order valence-electron chi connectivity index (χ3n) is 4.75. The molecular formula is C24H37N3O5. The lowest BCUT2D eigenvalue weighted by molar-refractivity contribution is -0.144. The molecule has 2 rings (SSSR count). The number of hydrogen-bond donors (Lipinski definition) is 3. The smallest absolute Gasteiger partial charge is 0.408 e. The number of hydrogen-bond acceptors (Lipinski definition) is 5. The monoisotopic (exact) mass is 447 g/mol.